The van der Waals surface area contributed by atoms with Crippen molar-refractivity contribution in [1.29, 1.82) is 5.26 Å². The molecular weight excluding hydrogens is 262 g/mol. The molecule has 0 radical (unpaired) electrons. The van der Waals surface area contributed by atoms with Crippen molar-refractivity contribution in [2.45, 2.75) is 77.9 Å². The number of ether oxygens (including phenoxy) is 2. The first kappa shape index (κ1) is 16.8. The zero-order valence-electron chi connectivity index (χ0n) is 13.8. The van der Waals surface area contributed by atoms with Crippen LogP contribution in [0, 0.1) is 28.6 Å². The molecule has 3 heteroatoms. The number of nitriles is 1. The van der Waals surface area contributed by atoms with Crippen molar-refractivity contribution >= 4 is 0 Å². The minimum absolute atomic E-state index is 0.0598. The standard InChI is InChI=1S/C18H31NO2/c1-3-5-6-15-7-9-16(10-8-15)17-20-13-18(12-19,11-4-2)14-21-17/h15-17H,3-11,13-14H2,1-2H3/t15-,16-,17-,18+. The van der Waals surface area contributed by atoms with Gasteiger partial charge in [-0.2, -0.15) is 5.26 Å². The zero-order valence-corrected chi connectivity index (χ0v) is 13.8. The molecule has 0 bridgehead atoms. The zero-order chi connectivity index (χ0) is 15.1. The highest BCUT2D eigenvalue weighted by Crippen LogP contribution is 2.38. The molecule has 0 aromatic carbocycles. The van der Waals surface area contributed by atoms with E-state index in [0.29, 0.717) is 19.1 Å². The Kier molecular flexibility index (Phi) is 6.51. The van der Waals surface area contributed by atoms with Crippen LogP contribution in [0.25, 0.3) is 0 Å². The van der Waals surface area contributed by atoms with Crippen molar-refractivity contribution < 1.29 is 9.47 Å². The van der Waals surface area contributed by atoms with Gasteiger partial charge < -0.3 is 9.47 Å². The lowest BCUT2D eigenvalue weighted by Gasteiger charge is -2.40. The average molecular weight is 293 g/mol. The summed E-state index contributed by atoms with van der Waals surface area (Å²) in [6.45, 7) is 5.49. The van der Waals surface area contributed by atoms with E-state index < -0.39 is 5.41 Å². The van der Waals surface area contributed by atoms with Crippen LogP contribution in [-0.4, -0.2) is 19.5 Å². The lowest BCUT2D eigenvalue weighted by Crippen LogP contribution is -2.44. The Morgan fingerprint density at radius 3 is 2.24 bits per heavy atom. The summed E-state index contributed by atoms with van der Waals surface area (Å²) >= 11 is 0. The lowest BCUT2D eigenvalue weighted by molar-refractivity contribution is -0.244. The maximum Gasteiger partial charge on any atom is 0.160 e. The van der Waals surface area contributed by atoms with E-state index in [2.05, 4.69) is 19.9 Å². The summed E-state index contributed by atoms with van der Waals surface area (Å²) < 4.78 is 11.9. The fraction of sp³-hybridized carbons (Fsp3) is 0.944. The Balaban J connectivity index is 1.75. The van der Waals surface area contributed by atoms with E-state index in [9.17, 15) is 5.26 Å². The molecule has 2 fully saturated rings. The minimum atomic E-state index is -0.399. The highest BCUT2D eigenvalue weighted by Gasteiger charge is 2.39. The molecule has 21 heavy (non-hydrogen) atoms. The van der Waals surface area contributed by atoms with E-state index in [-0.39, 0.29) is 6.29 Å². The van der Waals surface area contributed by atoms with Crippen molar-refractivity contribution in [2.75, 3.05) is 13.2 Å². The maximum atomic E-state index is 9.38. The highest BCUT2D eigenvalue weighted by atomic mass is 16.7. The van der Waals surface area contributed by atoms with E-state index in [0.717, 1.165) is 18.8 Å². The smallest absolute Gasteiger partial charge is 0.160 e. The second kappa shape index (κ2) is 8.15. The van der Waals surface area contributed by atoms with Crippen molar-refractivity contribution in [1.82, 2.24) is 0 Å². The normalized spacial score (nSPS) is 37.1. The summed E-state index contributed by atoms with van der Waals surface area (Å²) in [6.07, 6.45) is 11.0. The SMILES string of the molecule is CCCC[C@H]1CC[C@H]([C@H]2OC[C@](C#N)(CCC)CO2)CC1. The van der Waals surface area contributed by atoms with Gasteiger partial charge in [-0.3, -0.25) is 0 Å². The molecule has 2 aliphatic rings. The van der Waals surface area contributed by atoms with Crippen LogP contribution < -0.4 is 0 Å². The number of unbranched alkanes of at least 4 members (excludes halogenated alkanes) is 1. The predicted molar refractivity (Wildman–Crippen MR) is 83.6 cm³/mol. The van der Waals surface area contributed by atoms with Gasteiger partial charge in [-0.05, 0) is 38.0 Å². The molecule has 2 rings (SSSR count). The van der Waals surface area contributed by atoms with Crippen molar-refractivity contribution in [3.05, 3.63) is 0 Å². The van der Waals surface area contributed by atoms with Gasteiger partial charge in [-0.25, -0.2) is 0 Å². The van der Waals surface area contributed by atoms with Gasteiger partial charge in [0.15, 0.2) is 6.29 Å². The molecule has 0 aromatic rings. The molecule has 0 atom stereocenters. The predicted octanol–water partition coefficient (Wildman–Crippen LogP) is 4.67. The van der Waals surface area contributed by atoms with Gasteiger partial charge in [-0.1, -0.05) is 39.5 Å². The molecule has 0 N–H and O–H groups in total. The fourth-order valence-corrected chi connectivity index (χ4v) is 3.83. The fourth-order valence-electron chi connectivity index (χ4n) is 3.83. The molecule has 1 saturated carbocycles. The van der Waals surface area contributed by atoms with Crippen LogP contribution in [-0.2, 0) is 9.47 Å². The van der Waals surface area contributed by atoms with Crippen LogP contribution in [0.15, 0.2) is 0 Å². The quantitative estimate of drug-likeness (QED) is 0.715. The van der Waals surface area contributed by atoms with Gasteiger partial charge in [-0.15, -0.1) is 0 Å². The monoisotopic (exact) mass is 293 g/mol. The van der Waals surface area contributed by atoms with Crippen LogP contribution in [0.5, 0.6) is 0 Å². The molecule has 1 aliphatic carbocycles. The van der Waals surface area contributed by atoms with Crippen LogP contribution in [0.3, 0.4) is 0 Å². The Labute approximate surface area is 130 Å². The molecule has 0 aromatic heterocycles. The first-order chi connectivity index (χ1) is 10.2. The molecule has 120 valence electrons. The van der Waals surface area contributed by atoms with E-state index in [4.69, 9.17) is 9.47 Å². The summed E-state index contributed by atoms with van der Waals surface area (Å²) in [5, 5.41) is 9.38. The molecular formula is C18H31NO2. The highest BCUT2D eigenvalue weighted by molar-refractivity contribution is 5.00. The topological polar surface area (TPSA) is 42.2 Å². The molecule has 3 nitrogen and oxygen atoms in total. The van der Waals surface area contributed by atoms with Gasteiger partial charge in [0.2, 0.25) is 0 Å². The van der Waals surface area contributed by atoms with Crippen LogP contribution in [0.1, 0.15) is 71.6 Å². The van der Waals surface area contributed by atoms with Crippen molar-refractivity contribution in [2.24, 2.45) is 17.3 Å². The van der Waals surface area contributed by atoms with E-state index in [1.54, 1.807) is 0 Å². The van der Waals surface area contributed by atoms with Crippen LogP contribution in [0.4, 0.5) is 0 Å². The van der Waals surface area contributed by atoms with Gasteiger partial charge in [0, 0.05) is 5.92 Å². The summed E-state index contributed by atoms with van der Waals surface area (Å²) in [6, 6.07) is 2.42. The first-order valence-corrected chi connectivity index (χ1v) is 8.87. The van der Waals surface area contributed by atoms with Gasteiger partial charge in [0.05, 0.1) is 19.3 Å². The number of nitrogens with zero attached hydrogens (tertiary/aromatic N) is 1. The van der Waals surface area contributed by atoms with Crippen LogP contribution in [0.2, 0.25) is 0 Å². The summed E-state index contributed by atoms with van der Waals surface area (Å²) in [7, 11) is 0. The second-order valence-electron chi connectivity index (χ2n) is 7.06. The molecule has 1 aliphatic heterocycles. The Morgan fingerprint density at radius 1 is 1.05 bits per heavy atom. The molecule has 1 saturated heterocycles. The Bertz CT molecular complexity index is 334. The second-order valence-corrected chi connectivity index (χ2v) is 7.06. The largest absolute Gasteiger partial charge is 0.351 e. The van der Waals surface area contributed by atoms with Crippen molar-refractivity contribution in [3.63, 3.8) is 0 Å². The molecule has 1 heterocycles. The first-order valence-electron chi connectivity index (χ1n) is 8.87. The summed E-state index contributed by atoms with van der Waals surface area (Å²) in [4.78, 5) is 0. The Morgan fingerprint density at radius 2 is 1.71 bits per heavy atom. The van der Waals surface area contributed by atoms with Gasteiger partial charge in [0.25, 0.3) is 0 Å². The van der Waals surface area contributed by atoms with Gasteiger partial charge >= 0.3 is 0 Å². The third-order valence-electron chi connectivity index (χ3n) is 5.26. The summed E-state index contributed by atoms with van der Waals surface area (Å²) in [5.41, 5.74) is -0.399. The third kappa shape index (κ3) is 4.44. The Hall–Kier alpha value is -0.590. The average Bonchev–Trinajstić information content (AvgIpc) is 2.54. The van der Waals surface area contributed by atoms with Crippen molar-refractivity contribution in [3.8, 4) is 6.07 Å². The molecule has 0 spiro atoms. The van der Waals surface area contributed by atoms with Crippen LogP contribution >= 0.6 is 0 Å². The third-order valence-corrected chi connectivity index (χ3v) is 5.26. The summed E-state index contributed by atoms with van der Waals surface area (Å²) in [5.74, 6) is 1.46. The van der Waals surface area contributed by atoms with E-state index in [1.165, 1.54) is 44.9 Å². The molecule has 0 amide bonds. The maximum absolute atomic E-state index is 9.38. The van der Waals surface area contributed by atoms with E-state index >= 15 is 0 Å². The molecule has 0 unspecified atom stereocenters. The van der Waals surface area contributed by atoms with Gasteiger partial charge in [0.1, 0.15) is 5.41 Å². The number of hydrogen-bond donors (Lipinski definition) is 0. The number of hydrogen-bond acceptors (Lipinski definition) is 3. The minimum Gasteiger partial charge on any atom is -0.351 e. The van der Waals surface area contributed by atoms with E-state index in [1.807, 2.05) is 0 Å². The number of rotatable bonds is 6. The lowest BCUT2D eigenvalue weighted by atomic mass is 9.79.